The number of nitrogens with one attached hydrogen (secondary N) is 1. The van der Waals surface area contributed by atoms with Crippen molar-refractivity contribution in [2.45, 2.75) is 18.6 Å². The zero-order chi connectivity index (χ0) is 16.6. The molecule has 23 heavy (non-hydrogen) atoms. The van der Waals surface area contributed by atoms with Gasteiger partial charge >= 0.3 is 0 Å². The lowest BCUT2D eigenvalue weighted by atomic mass is 10.1. The Bertz CT molecular complexity index is 884. The molecular formula is C15H17N5OS2. The summed E-state index contributed by atoms with van der Waals surface area (Å²) in [6.07, 6.45) is 3.76. The van der Waals surface area contributed by atoms with Gasteiger partial charge in [-0.1, -0.05) is 23.1 Å². The van der Waals surface area contributed by atoms with Gasteiger partial charge in [-0.3, -0.25) is 4.79 Å². The van der Waals surface area contributed by atoms with Gasteiger partial charge in [-0.05, 0) is 30.9 Å². The molecule has 6 nitrogen and oxygen atoms in total. The largest absolute Gasteiger partial charge is 0.375 e. The van der Waals surface area contributed by atoms with Gasteiger partial charge in [0.2, 0.25) is 0 Å². The number of imidazole rings is 1. The van der Waals surface area contributed by atoms with E-state index in [2.05, 4.69) is 15.3 Å². The molecule has 2 aromatic heterocycles. The Morgan fingerprint density at radius 2 is 2.26 bits per heavy atom. The molecule has 0 saturated heterocycles. The van der Waals surface area contributed by atoms with Crippen LogP contribution in [0, 0.1) is 6.92 Å². The third-order valence-electron chi connectivity index (χ3n) is 3.62. The summed E-state index contributed by atoms with van der Waals surface area (Å²) in [4.78, 5) is 21.0. The standard InChI is InChI=1S/C15H17N5OS2/c1-8-4-9(5-11-12(8)19-14(16)23-11)13(21)17-6-10-7-18-15(22-3)20(10)2/h4-5,7H,6H2,1-3H3,(H2,16,19)(H,17,21). The van der Waals surface area contributed by atoms with Crippen LogP contribution >= 0.6 is 23.1 Å². The van der Waals surface area contributed by atoms with Crippen LogP contribution in [-0.4, -0.2) is 26.7 Å². The molecule has 8 heteroatoms. The highest BCUT2D eigenvalue weighted by atomic mass is 32.2. The van der Waals surface area contributed by atoms with Crippen LogP contribution in [-0.2, 0) is 13.6 Å². The Hall–Kier alpha value is -2.06. The summed E-state index contributed by atoms with van der Waals surface area (Å²) in [6, 6.07) is 3.68. The summed E-state index contributed by atoms with van der Waals surface area (Å²) in [5.41, 5.74) is 9.14. The first-order chi connectivity index (χ1) is 11.0. The Morgan fingerprint density at radius 3 is 2.96 bits per heavy atom. The zero-order valence-electron chi connectivity index (χ0n) is 13.1. The average Bonchev–Trinajstić information content (AvgIpc) is 3.07. The third kappa shape index (κ3) is 3.04. The van der Waals surface area contributed by atoms with E-state index in [1.165, 1.54) is 11.3 Å². The van der Waals surface area contributed by atoms with Crippen molar-refractivity contribution in [1.29, 1.82) is 0 Å². The summed E-state index contributed by atoms with van der Waals surface area (Å²) in [5, 5.41) is 4.37. The molecule has 0 atom stereocenters. The predicted molar refractivity (Wildman–Crippen MR) is 94.9 cm³/mol. The molecule has 3 N–H and O–H groups in total. The fourth-order valence-electron chi connectivity index (χ4n) is 2.40. The molecule has 2 heterocycles. The van der Waals surface area contributed by atoms with E-state index in [-0.39, 0.29) is 5.91 Å². The summed E-state index contributed by atoms with van der Waals surface area (Å²) >= 11 is 2.97. The first kappa shape index (κ1) is 15.8. The molecule has 0 aliphatic heterocycles. The van der Waals surface area contributed by atoms with E-state index in [1.807, 2.05) is 36.9 Å². The highest BCUT2D eigenvalue weighted by molar-refractivity contribution is 7.98. The SMILES string of the molecule is CSc1ncc(CNC(=O)c2cc(C)c3nc(N)sc3c2)n1C. The third-order valence-corrected chi connectivity index (χ3v) is 5.19. The van der Waals surface area contributed by atoms with Crippen molar-refractivity contribution in [2.75, 3.05) is 12.0 Å². The van der Waals surface area contributed by atoms with Crippen LogP contribution in [0.5, 0.6) is 0 Å². The fourth-order valence-corrected chi connectivity index (χ4v) is 3.80. The molecule has 0 saturated carbocycles. The average molecular weight is 347 g/mol. The Labute approximate surface area is 142 Å². The monoisotopic (exact) mass is 347 g/mol. The van der Waals surface area contributed by atoms with E-state index in [1.54, 1.807) is 18.0 Å². The number of aryl methyl sites for hydroxylation is 1. The van der Waals surface area contributed by atoms with E-state index in [0.29, 0.717) is 17.2 Å². The molecule has 3 rings (SSSR count). The summed E-state index contributed by atoms with van der Waals surface area (Å²) in [6.45, 7) is 2.37. The van der Waals surface area contributed by atoms with Crippen molar-refractivity contribution in [2.24, 2.45) is 7.05 Å². The molecule has 1 amide bonds. The van der Waals surface area contributed by atoms with Crippen molar-refractivity contribution in [3.8, 4) is 0 Å². The number of nitrogens with zero attached hydrogens (tertiary/aromatic N) is 3. The molecule has 0 bridgehead atoms. The van der Waals surface area contributed by atoms with Gasteiger partial charge in [-0.25, -0.2) is 9.97 Å². The molecule has 0 fully saturated rings. The number of hydrogen-bond donors (Lipinski definition) is 2. The maximum Gasteiger partial charge on any atom is 0.251 e. The minimum absolute atomic E-state index is 0.117. The van der Waals surface area contributed by atoms with Gasteiger partial charge in [0.1, 0.15) is 0 Å². The van der Waals surface area contributed by atoms with Crippen molar-refractivity contribution < 1.29 is 4.79 Å². The summed E-state index contributed by atoms with van der Waals surface area (Å²) in [7, 11) is 1.94. The van der Waals surface area contributed by atoms with Crippen molar-refractivity contribution in [3.05, 3.63) is 35.2 Å². The van der Waals surface area contributed by atoms with E-state index in [4.69, 9.17) is 5.73 Å². The first-order valence-electron chi connectivity index (χ1n) is 6.99. The quantitative estimate of drug-likeness (QED) is 0.709. The smallest absolute Gasteiger partial charge is 0.251 e. The number of fused-ring (bicyclic) bond motifs is 1. The molecule has 0 aliphatic rings. The number of rotatable bonds is 4. The topological polar surface area (TPSA) is 85.8 Å². The molecule has 0 radical (unpaired) electrons. The van der Waals surface area contributed by atoms with Gasteiger partial charge in [0.25, 0.3) is 5.91 Å². The normalized spacial score (nSPS) is 11.1. The molecule has 0 unspecified atom stereocenters. The second-order valence-electron chi connectivity index (χ2n) is 5.17. The minimum atomic E-state index is -0.117. The lowest BCUT2D eigenvalue weighted by molar-refractivity contribution is 0.0950. The predicted octanol–water partition coefficient (Wildman–Crippen LogP) is 2.57. The van der Waals surface area contributed by atoms with Crippen molar-refractivity contribution in [1.82, 2.24) is 19.9 Å². The first-order valence-corrected chi connectivity index (χ1v) is 9.03. The van der Waals surface area contributed by atoms with Crippen LogP contribution in [0.3, 0.4) is 0 Å². The molecule has 3 aromatic rings. The summed E-state index contributed by atoms with van der Waals surface area (Å²) < 4.78 is 2.90. The van der Waals surface area contributed by atoms with Gasteiger partial charge in [-0.15, -0.1) is 0 Å². The molecule has 0 spiro atoms. The molecule has 1 aromatic carbocycles. The van der Waals surface area contributed by atoms with Crippen LogP contribution in [0.4, 0.5) is 5.13 Å². The summed E-state index contributed by atoms with van der Waals surface area (Å²) in [5.74, 6) is -0.117. The number of nitrogens with two attached hydrogens (primary N) is 1. The van der Waals surface area contributed by atoms with Crippen LogP contribution in [0.15, 0.2) is 23.5 Å². The van der Waals surface area contributed by atoms with Crippen LogP contribution in [0.2, 0.25) is 0 Å². The highest BCUT2D eigenvalue weighted by Gasteiger charge is 2.12. The zero-order valence-corrected chi connectivity index (χ0v) is 14.7. The van der Waals surface area contributed by atoms with E-state index in [0.717, 1.165) is 26.6 Å². The van der Waals surface area contributed by atoms with Gasteiger partial charge in [0.05, 0.1) is 28.7 Å². The number of amides is 1. The highest BCUT2D eigenvalue weighted by Crippen LogP contribution is 2.27. The molecule has 120 valence electrons. The Balaban J connectivity index is 1.79. The molecular weight excluding hydrogens is 330 g/mol. The maximum atomic E-state index is 12.4. The Kier molecular flexibility index (Phi) is 4.27. The number of thiazole rings is 1. The fraction of sp³-hybridized carbons (Fsp3) is 0.267. The number of anilines is 1. The number of benzene rings is 1. The van der Waals surface area contributed by atoms with Crippen LogP contribution < -0.4 is 11.1 Å². The second kappa shape index (κ2) is 6.21. The van der Waals surface area contributed by atoms with Crippen molar-refractivity contribution >= 4 is 44.4 Å². The van der Waals surface area contributed by atoms with E-state index < -0.39 is 0 Å². The number of thioether (sulfide) groups is 1. The van der Waals surface area contributed by atoms with Crippen molar-refractivity contribution in [3.63, 3.8) is 0 Å². The van der Waals surface area contributed by atoms with Gasteiger partial charge < -0.3 is 15.6 Å². The van der Waals surface area contributed by atoms with Gasteiger partial charge in [-0.2, -0.15) is 0 Å². The second-order valence-corrected chi connectivity index (χ2v) is 7.01. The lowest BCUT2D eigenvalue weighted by Gasteiger charge is -2.08. The van der Waals surface area contributed by atoms with E-state index in [9.17, 15) is 4.79 Å². The van der Waals surface area contributed by atoms with E-state index >= 15 is 0 Å². The van der Waals surface area contributed by atoms with Gasteiger partial charge in [0.15, 0.2) is 10.3 Å². The minimum Gasteiger partial charge on any atom is -0.375 e. The molecule has 0 aliphatic carbocycles. The number of carbonyl (C=O) groups excluding carboxylic acids is 1. The van der Waals surface area contributed by atoms with Crippen LogP contribution in [0.25, 0.3) is 10.2 Å². The number of carbonyl (C=O) groups is 1. The Morgan fingerprint density at radius 1 is 1.48 bits per heavy atom. The van der Waals surface area contributed by atoms with Crippen LogP contribution in [0.1, 0.15) is 21.6 Å². The number of hydrogen-bond acceptors (Lipinski definition) is 6. The number of aromatic nitrogens is 3. The number of nitrogen functional groups attached to an aromatic ring is 1. The lowest BCUT2D eigenvalue weighted by Crippen LogP contribution is -2.24. The maximum absolute atomic E-state index is 12.4. The van der Waals surface area contributed by atoms with Gasteiger partial charge in [0, 0.05) is 12.6 Å².